The maximum atomic E-state index is 12.1. The van der Waals surface area contributed by atoms with Crippen LogP contribution >= 0.6 is 22.6 Å². The Labute approximate surface area is 146 Å². The SMILES string of the molecule is [3H]c1ccc(OCc2c(I)ncnc2-n2nnn(C)c2=O)c(C)c1. The Bertz CT molecular complexity index is 955. The minimum atomic E-state index is -0.402. The van der Waals surface area contributed by atoms with Gasteiger partial charge in [-0.3, -0.25) is 0 Å². The minimum absolute atomic E-state index is 0.162. The summed E-state index contributed by atoms with van der Waals surface area (Å²) < 4.78 is 16.3. The van der Waals surface area contributed by atoms with E-state index in [0.717, 1.165) is 14.9 Å². The molecule has 2 aromatic heterocycles. The Balaban J connectivity index is 1.96. The van der Waals surface area contributed by atoms with Crippen molar-refractivity contribution in [3.05, 3.63) is 55.9 Å². The molecule has 0 bridgehead atoms. The van der Waals surface area contributed by atoms with Gasteiger partial charge in [0.05, 0.1) is 6.93 Å². The predicted octanol–water partition coefficient (Wildman–Crippen LogP) is 1.25. The maximum absolute atomic E-state index is 12.1. The molecule has 0 N–H and O–H groups in total. The second-order valence-electron chi connectivity index (χ2n) is 4.74. The molecule has 0 radical (unpaired) electrons. The molecule has 0 aliphatic carbocycles. The molecule has 0 aliphatic rings. The van der Waals surface area contributed by atoms with E-state index in [2.05, 4.69) is 43.0 Å². The van der Waals surface area contributed by atoms with Gasteiger partial charge in [-0.1, -0.05) is 18.2 Å². The first-order valence-electron chi connectivity index (χ1n) is 7.16. The molecule has 0 amide bonds. The van der Waals surface area contributed by atoms with Gasteiger partial charge in [-0.05, 0) is 51.6 Å². The molecule has 0 unspecified atom stereocenters. The zero-order valence-corrected chi connectivity index (χ0v) is 14.6. The van der Waals surface area contributed by atoms with Crippen molar-refractivity contribution in [1.29, 1.82) is 0 Å². The molecule has 8 nitrogen and oxygen atoms in total. The van der Waals surface area contributed by atoms with Gasteiger partial charge in [-0.15, -0.1) is 4.68 Å². The number of hydrogen-bond acceptors (Lipinski definition) is 6. The molecule has 0 atom stereocenters. The Kier molecular flexibility index (Phi) is 4.01. The third-order valence-corrected chi connectivity index (χ3v) is 4.11. The third kappa shape index (κ3) is 3.09. The Morgan fingerprint density at radius 3 is 2.87 bits per heavy atom. The molecule has 3 rings (SSSR count). The number of nitrogens with zero attached hydrogens (tertiary/aromatic N) is 6. The van der Waals surface area contributed by atoms with Crippen LogP contribution in [0.3, 0.4) is 0 Å². The number of benzene rings is 1. The van der Waals surface area contributed by atoms with E-state index in [1.807, 2.05) is 6.92 Å². The lowest BCUT2D eigenvalue weighted by molar-refractivity contribution is 0.301. The molecular weight excluding hydrogens is 411 g/mol. The number of tetrazole rings is 1. The van der Waals surface area contributed by atoms with E-state index >= 15 is 0 Å². The molecule has 118 valence electrons. The zero-order chi connectivity index (χ0) is 17.3. The maximum Gasteiger partial charge on any atom is 0.369 e. The zero-order valence-electron chi connectivity index (χ0n) is 13.4. The second kappa shape index (κ2) is 6.44. The number of hydrogen-bond donors (Lipinski definition) is 0. The van der Waals surface area contributed by atoms with Gasteiger partial charge in [-0.2, -0.15) is 4.68 Å². The van der Waals surface area contributed by atoms with Crippen LogP contribution in [-0.4, -0.2) is 29.8 Å². The molecule has 9 heteroatoms. The molecule has 0 aliphatic heterocycles. The summed E-state index contributed by atoms with van der Waals surface area (Å²) in [5.41, 5.74) is 1.09. The first kappa shape index (κ1) is 14.3. The lowest BCUT2D eigenvalue weighted by Gasteiger charge is -2.12. The van der Waals surface area contributed by atoms with E-state index < -0.39 is 5.69 Å². The lowest BCUT2D eigenvalue weighted by atomic mass is 10.2. The van der Waals surface area contributed by atoms with Crippen LogP contribution in [0.25, 0.3) is 5.82 Å². The quantitative estimate of drug-likeness (QED) is 0.461. The predicted molar refractivity (Wildman–Crippen MR) is 90.4 cm³/mol. The fourth-order valence-electron chi connectivity index (χ4n) is 1.95. The van der Waals surface area contributed by atoms with Crippen LogP contribution < -0.4 is 10.4 Å². The summed E-state index contributed by atoms with van der Waals surface area (Å²) in [5.74, 6) is 0.991. The topological polar surface area (TPSA) is 87.7 Å². The molecular formula is C14H13IN6O2. The fraction of sp³-hybridized carbons (Fsp3) is 0.214. The first-order chi connectivity index (χ1) is 11.5. The number of halogens is 1. The van der Waals surface area contributed by atoms with Crippen LogP contribution in [0.15, 0.2) is 35.4 Å². The number of ether oxygens (including phenoxy) is 1. The van der Waals surface area contributed by atoms with E-state index in [1.165, 1.54) is 13.4 Å². The van der Waals surface area contributed by atoms with Gasteiger partial charge in [0.15, 0.2) is 5.82 Å². The van der Waals surface area contributed by atoms with Crippen molar-refractivity contribution in [1.82, 2.24) is 29.8 Å². The average molecular weight is 426 g/mol. The van der Waals surface area contributed by atoms with E-state index in [0.29, 0.717) is 26.9 Å². The summed E-state index contributed by atoms with van der Waals surface area (Å²) in [7, 11) is 1.51. The molecule has 0 saturated carbocycles. The van der Waals surface area contributed by atoms with Crippen LogP contribution in [0, 0.1) is 10.6 Å². The summed E-state index contributed by atoms with van der Waals surface area (Å²) in [4.78, 5) is 20.4. The summed E-state index contributed by atoms with van der Waals surface area (Å²) in [6.45, 7) is 2.03. The monoisotopic (exact) mass is 426 g/mol. The van der Waals surface area contributed by atoms with Gasteiger partial charge < -0.3 is 4.74 Å². The van der Waals surface area contributed by atoms with E-state index in [9.17, 15) is 4.79 Å². The van der Waals surface area contributed by atoms with Crippen LogP contribution in [0.4, 0.5) is 0 Å². The van der Waals surface area contributed by atoms with Gasteiger partial charge in [0.25, 0.3) is 0 Å². The highest BCUT2D eigenvalue weighted by Gasteiger charge is 2.16. The first-order valence-corrected chi connectivity index (χ1v) is 7.74. The van der Waals surface area contributed by atoms with Gasteiger partial charge in [0.2, 0.25) is 0 Å². The van der Waals surface area contributed by atoms with Gasteiger partial charge >= 0.3 is 5.69 Å². The van der Waals surface area contributed by atoms with E-state index in [4.69, 9.17) is 6.11 Å². The smallest absolute Gasteiger partial charge is 0.369 e. The molecule has 3 aromatic rings. The van der Waals surface area contributed by atoms with Crippen molar-refractivity contribution in [2.45, 2.75) is 13.5 Å². The molecule has 2 heterocycles. The summed E-state index contributed by atoms with van der Waals surface area (Å²) in [6, 6.07) is 5.53. The average Bonchev–Trinajstić information content (AvgIpc) is 2.87. The molecule has 23 heavy (non-hydrogen) atoms. The molecule has 0 spiro atoms. The van der Waals surface area contributed by atoms with Crippen LogP contribution in [0.1, 0.15) is 12.5 Å². The standard InChI is InChI=1S/C14H13IN6O2/c1-9-5-3-4-6-11(9)23-7-10-12(15)16-8-17-13(10)21-14(22)20(2)18-19-21/h3-6,8H,7H2,1-2H3/i3T. The second-order valence-corrected chi connectivity index (χ2v) is 5.77. The van der Waals surface area contributed by atoms with Gasteiger partial charge in [0.1, 0.15) is 22.4 Å². The van der Waals surface area contributed by atoms with Crippen LogP contribution in [0.5, 0.6) is 5.75 Å². The highest BCUT2D eigenvalue weighted by Crippen LogP contribution is 2.21. The number of para-hydroxylation sites is 1. The third-order valence-electron chi connectivity index (χ3n) is 3.18. The summed E-state index contributed by atoms with van der Waals surface area (Å²) in [5, 5.41) is 7.51. The molecule has 0 saturated heterocycles. The van der Waals surface area contributed by atoms with Gasteiger partial charge in [-0.25, -0.2) is 14.8 Å². The van der Waals surface area contributed by atoms with Crippen molar-refractivity contribution in [2.24, 2.45) is 7.05 Å². The molecule has 1 aromatic carbocycles. The van der Waals surface area contributed by atoms with Crippen LogP contribution in [-0.2, 0) is 13.7 Å². The summed E-state index contributed by atoms with van der Waals surface area (Å²) in [6.07, 6.45) is 1.36. The van der Waals surface area contributed by atoms with Crippen molar-refractivity contribution in [3.8, 4) is 11.6 Å². The van der Waals surface area contributed by atoms with Gasteiger partial charge in [0, 0.05) is 7.05 Å². The Morgan fingerprint density at radius 1 is 1.35 bits per heavy atom. The summed E-state index contributed by atoms with van der Waals surface area (Å²) >= 11 is 2.06. The number of rotatable bonds is 4. The normalized spacial score (nSPS) is 11.3. The van der Waals surface area contributed by atoms with Crippen molar-refractivity contribution < 1.29 is 6.11 Å². The fourth-order valence-corrected chi connectivity index (χ4v) is 2.47. The Hall–Kier alpha value is -2.30. The number of aromatic nitrogens is 6. The molecule has 0 fully saturated rings. The van der Waals surface area contributed by atoms with Crippen molar-refractivity contribution in [3.63, 3.8) is 0 Å². The highest BCUT2D eigenvalue weighted by atomic mass is 127. The van der Waals surface area contributed by atoms with Crippen molar-refractivity contribution in [2.75, 3.05) is 0 Å². The van der Waals surface area contributed by atoms with E-state index in [-0.39, 0.29) is 6.61 Å². The highest BCUT2D eigenvalue weighted by molar-refractivity contribution is 14.1. The lowest BCUT2D eigenvalue weighted by Crippen LogP contribution is -2.24. The largest absolute Gasteiger partial charge is 0.488 e. The van der Waals surface area contributed by atoms with Crippen LogP contribution in [0.2, 0.25) is 0 Å². The number of aryl methyl sites for hydroxylation is 2. The minimum Gasteiger partial charge on any atom is -0.488 e. The Morgan fingerprint density at radius 2 is 2.17 bits per heavy atom. The van der Waals surface area contributed by atoms with Crippen molar-refractivity contribution >= 4 is 22.6 Å². The van der Waals surface area contributed by atoms with E-state index in [1.54, 1.807) is 18.2 Å².